The van der Waals surface area contributed by atoms with E-state index in [0.29, 0.717) is 0 Å². The van der Waals surface area contributed by atoms with Crippen LogP contribution in [0.2, 0.25) is 0 Å². The van der Waals surface area contributed by atoms with Crippen LogP contribution in [-0.2, 0) is 0 Å². The van der Waals surface area contributed by atoms with Crippen LogP contribution < -0.4 is 5.32 Å². The summed E-state index contributed by atoms with van der Waals surface area (Å²) in [4.78, 5) is 0. The molecule has 0 amide bonds. The van der Waals surface area contributed by atoms with Crippen molar-refractivity contribution >= 4 is 0 Å². The second kappa shape index (κ2) is 4.89. The Kier molecular flexibility index (Phi) is 3.70. The maximum Gasteiger partial charge on any atom is 0.0771 e. The largest absolute Gasteiger partial charge is 0.389 e. The lowest BCUT2D eigenvalue weighted by molar-refractivity contribution is -0.0318. The zero-order chi connectivity index (χ0) is 11.6. The molecule has 2 atom stereocenters. The molecule has 2 unspecified atom stereocenters. The van der Waals surface area contributed by atoms with Gasteiger partial charge in [-0.3, -0.25) is 0 Å². The van der Waals surface area contributed by atoms with Crippen LogP contribution in [0.3, 0.4) is 0 Å². The van der Waals surface area contributed by atoms with E-state index < -0.39 is 0 Å². The van der Waals surface area contributed by atoms with E-state index in [-0.39, 0.29) is 5.60 Å². The number of hydrogen-bond donors (Lipinski definition) is 2. The van der Waals surface area contributed by atoms with Gasteiger partial charge in [0.1, 0.15) is 0 Å². The lowest BCUT2D eigenvalue weighted by Gasteiger charge is -2.37. The zero-order valence-electron chi connectivity index (χ0n) is 10.6. The monoisotopic (exact) mass is 223 g/mol. The summed E-state index contributed by atoms with van der Waals surface area (Å²) in [6, 6.07) is 0. The summed E-state index contributed by atoms with van der Waals surface area (Å²) >= 11 is 0. The molecule has 2 aliphatic carbocycles. The molecule has 1 fully saturated rings. The van der Waals surface area contributed by atoms with Crippen molar-refractivity contribution in [3.05, 3.63) is 11.6 Å². The van der Waals surface area contributed by atoms with Crippen molar-refractivity contribution in [2.24, 2.45) is 11.8 Å². The fourth-order valence-electron chi connectivity index (χ4n) is 3.11. The van der Waals surface area contributed by atoms with Crippen LogP contribution in [0.5, 0.6) is 0 Å². The smallest absolute Gasteiger partial charge is 0.0771 e. The van der Waals surface area contributed by atoms with Crippen LogP contribution in [0.1, 0.15) is 46.0 Å². The van der Waals surface area contributed by atoms with Crippen LogP contribution in [0.25, 0.3) is 0 Å². The molecule has 92 valence electrons. The lowest BCUT2D eigenvalue weighted by Crippen LogP contribution is -2.47. The van der Waals surface area contributed by atoms with Crippen LogP contribution in [0.4, 0.5) is 0 Å². The van der Waals surface area contributed by atoms with Gasteiger partial charge in [-0.1, -0.05) is 18.6 Å². The van der Waals surface area contributed by atoms with Crippen molar-refractivity contribution in [2.75, 3.05) is 13.1 Å². The summed E-state index contributed by atoms with van der Waals surface area (Å²) in [7, 11) is 0. The normalized spacial score (nSPS) is 33.1. The highest BCUT2D eigenvalue weighted by Gasteiger charge is 2.33. The first-order valence-electron chi connectivity index (χ1n) is 6.68. The van der Waals surface area contributed by atoms with Gasteiger partial charge in [0, 0.05) is 6.54 Å². The number of aliphatic hydroxyl groups is 1. The van der Waals surface area contributed by atoms with E-state index in [1.165, 1.54) is 24.8 Å². The van der Waals surface area contributed by atoms with Gasteiger partial charge in [-0.2, -0.15) is 0 Å². The predicted octanol–water partition coefficient (Wildman–Crippen LogP) is 2.48. The van der Waals surface area contributed by atoms with Crippen molar-refractivity contribution in [3.63, 3.8) is 0 Å². The third-order valence-corrected chi connectivity index (χ3v) is 4.06. The Bertz CT molecular complexity index is 268. The van der Waals surface area contributed by atoms with E-state index in [1.54, 1.807) is 0 Å². The Morgan fingerprint density at radius 1 is 1.50 bits per heavy atom. The zero-order valence-corrected chi connectivity index (χ0v) is 10.6. The number of nitrogens with one attached hydrogen (secondary N) is 1. The van der Waals surface area contributed by atoms with E-state index in [4.69, 9.17) is 0 Å². The fraction of sp³-hybridized carbons (Fsp3) is 0.857. The van der Waals surface area contributed by atoms with Crippen molar-refractivity contribution in [2.45, 2.75) is 51.6 Å². The van der Waals surface area contributed by atoms with Gasteiger partial charge >= 0.3 is 0 Å². The molecule has 2 nitrogen and oxygen atoms in total. The molecule has 0 radical (unpaired) electrons. The molecule has 2 N–H and O–H groups in total. The average Bonchev–Trinajstić information content (AvgIpc) is 2.13. The van der Waals surface area contributed by atoms with Gasteiger partial charge in [-0.15, -0.1) is 0 Å². The fourth-order valence-corrected chi connectivity index (χ4v) is 3.11. The molecule has 0 aliphatic heterocycles. The predicted molar refractivity (Wildman–Crippen MR) is 67.3 cm³/mol. The molecule has 16 heavy (non-hydrogen) atoms. The quantitative estimate of drug-likeness (QED) is 0.718. The Morgan fingerprint density at radius 3 is 2.81 bits per heavy atom. The second-order valence-corrected chi connectivity index (χ2v) is 6.00. The van der Waals surface area contributed by atoms with E-state index in [0.717, 1.165) is 37.8 Å². The molecule has 0 bridgehead atoms. The minimum Gasteiger partial charge on any atom is -0.389 e. The third kappa shape index (κ3) is 3.08. The van der Waals surface area contributed by atoms with E-state index in [1.807, 2.05) is 0 Å². The van der Waals surface area contributed by atoms with Crippen LogP contribution in [0.15, 0.2) is 11.6 Å². The Morgan fingerprint density at radius 2 is 2.25 bits per heavy atom. The van der Waals surface area contributed by atoms with Crippen LogP contribution >= 0.6 is 0 Å². The Hall–Kier alpha value is -0.340. The molecule has 0 heterocycles. The molecule has 0 aromatic carbocycles. The highest BCUT2D eigenvalue weighted by Crippen LogP contribution is 2.31. The molecule has 2 heteroatoms. The van der Waals surface area contributed by atoms with Gasteiger partial charge in [0.05, 0.1) is 5.60 Å². The minimum absolute atomic E-state index is 0.370. The standard InChI is InChI=1S/C14H25NO/c1-11-6-12(2)8-13(7-11)9-15-10-14(16)4-3-5-14/h6,11,13,15-16H,3-5,7-10H2,1-2H3. The first-order chi connectivity index (χ1) is 7.57. The van der Waals surface area contributed by atoms with Crippen molar-refractivity contribution < 1.29 is 5.11 Å². The summed E-state index contributed by atoms with van der Waals surface area (Å²) in [5.74, 6) is 1.50. The molecule has 0 saturated heterocycles. The Balaban J connectivity index is 1.68. The summed E-state index contributed by atoms with van der Waals surface area (Å²) in [6.45, 7) is 6.40. The number of rotatable bonds is 4. The van der Waals surface area contributed by atoms with Crippen molar-refractivity contribution in [3.8, 4) is 0 Å². The van der Waals surface area contributed by atoms with Gasteiger partial charge in [0.15, 0.2) is 0 Å². The molecule has 2 rings (SSSR count). The van der Waals surface area contributed by atoms with Gasteiger partial charge < -0.3 is 10.4 Å². The highest BCUT2D eigenvalue weighted by atomic mass is 16.3. The summed E-state index contributed by atoms with van der Waals surface area (Å²) in [6.07, 6.45) is 8.09. The highest BCUT2D eigenvalue weighted by molar-refractivity contribution is 5.06. The number of allylic oxidation sites excluding steroid dienone is 2. The average molecular weight is 223 g/mol. The van der Waals surface area contributed by atoms with E-state index in [2.05, 4.69) is 25.2 Å². The van der Waals surface area contributed by atoms with Crippen LogP contribution in [-0.4, -0.2) is 23.8 Å². The molecular weight excluding hydrogens is 198 g/mol. The first-order valence-corrected chi connectivity index (χ1v) is 6.68. The maximum absolute atomic E-state index is 9.97. The van der Waals surface area contributed by atoms with Crippen molar-refractivity contribution in [1.29, 1.82) is 0 Å². The van der Waals surface area contributed by atoms with E-state index >= 15 is 0 Å². The SMILES string of the molecule is CC1=CC(C)CC(CNCC2(O)CCC2)C1. The van der Waals surface area contributed by atoms with Crippen molar-refractivity contribution in [1.82, 2.24) is 5.32 Å². The molecule has 1 saturated carbocycles. The molecule has 0 aromatic rings. The minimum atomic E-state index is -0.370. The second-order valence-electron chi connectivity index (χ2n) is 6.00. The lowest BCUT2D eigenvalue weighted by atomic mass is 9.80. The van der Waals surface area contributed by atoms with Gasteiger partial charge in [0.25, 0.3) is 0 Å². The Labute approximate surface area is 99.1 Å². The number of hydrogen-bond acceptors (Lipinski definition) is 2. The first kappa shape index (κ1) is 12.1. The molecule has 2 aliphatic rings. The molecule has 0 aromatic heterocycles. The maximum atomic E-state index is 9.97. The van der Waals surface area contributed by atoms with Crippen LogP contribution in [0, 0.1) is 11.8 Å². The van der Waals surface area contributed by atoms with Gasteiger partial charge in [-0.25, -0.2) is 0 Å². The topological polar surface area (TPSA) is 32.3 Å². The molecular formula is C14H25NO. The third-order valence-electron chi connectivity index (χ3n) is 4.06. The summed E-state index contributed by atoms with van der Waals surface area (Å²) in [5.41, 5.74) is 1.17. The van der Waals surface area contributed by atoms with E-state index in [9.17, 15) is 5.11 Å². The summed E-state index contributed by atoms with van der Waals surface area (Å²) in [5, 5.41) is 13.4. The van der Waals surface area contributed by atoms with Gasteiger partial charge in [-0.05, 0) is 57.4 Å². The summed E-state index contributed by atoms with van der Waals surface area (Å²) < 4.78 is 0. The van der Waals surface area contributed by atoms with Gasteiger partial charge in [0.2, 0.25) is 0 Å². The molecule has 0 spiro atoms.